The minimum atomic E-state index is 0.793. The second-order valence-corrected chi connectivity index (χ2v) is 2.14. The van der Waals surface area contributed by atoms with E-state index in [1.807, 2.05) is 24.3 Å². The van der Waals surface area contributed by atoms with E-state index in [0.717, 1.165) is 11.3 Å². The van der Waals surface area contributed by atoms with Crippen LogP contribution >= 0.6 is 11.6 Å². The fourth-order valence-electron chi connectivity index (χ4n) is 0.755. The van der Waals surface area contributed by atoms with E-state index >= 15 is 0 Å². The molecule has 0 heterocycles. The van der Waals surface area contributed by atoms with Gasteiger partial charge in [0, 0.05) is 10.9 Å². The lowest BCUT2D eigenvalue weighted by Crippen LogP contribution is -1.82. The Bertz CT molecular complexity index is 296. The smallest absolute Gasteiger partial charge is 0.120 e. The summed E-state index contributed by atoms with van der Waals surface area (Å²) < 4.78 is 4.99. The summed E-state index contributed by atoms with van der Waals surface area (Å²) in [6, 6.07) is 7.43. The van der Waals surface area contributed by atoms with Gasteiger partial charge in [-0.1, -0.05) is 6.07 Å². The summed E-state index contributed by atoms with van der Waals surface area (Å²) in [6.45, 7) is 0. The number of hydrogen-bond donors (Lipinski definition) is 0. The van der Waals surface area contributed by atoms with E-state index in [4.69, 9.17) is 16.3 Å². The first-order valence-electron chi connectivity index (χ1n) is 3.12. The molecule has 0 bridgehead atoms. The van der Waals surface area contributed by atoms with Crippen LogP contribution < -0.4 is 4.74 Å². The van der Waals surface area contributed by atoms with E-state index in [2.05, 4.69) is 11.3 Å². The number of rotatable bonds is 1. The fraction of sp³-hybridized carbons (Fsp3) is 0.111. The van der Waals surface area contributed by atoms with Crippen LogP contribution in [-0.2, 0) is 0 Å². The van der Waals surface area contributed by atoms with E-state index in [1.165, 1.54) is 0 Å². The van der Waals surface area contributed by atoms with Crippen LogP contribution in [0.4, 0.5) is 0 Å². The summed E-state index contributed by atoms with van der Waals surface area (Å²) >= 11 is 5.23. The molecular weight excluding hydrogens is 160 g/mol. The second kappa shape index (κ2) is 3.90. The Labute approximate surface area is 70.9 Å². The third-order valence-corrected chi connectivity index (χ3v) is 1.36. The van der Waals surface area contributed by atoms with Gasteiger partial charge in [-0.3, -0.25) is 0 Å². The Kier molecular flexibility index (Phi) is 2.83. The Morgan fingerprint density at radius 3 is 2.91 bits per heavy atom. The highest BCUT2D eigenvalue weighted by Gasteiger charge is 1.89. The van der Waals surface area contributed by atoms with Crippen molar-refractivity contribution < 1.29 is 4.74 Å². The highest BCUT2D eigenvalue weighted by molar-refractivity contribution is 6.30. The van der Waals surface area contributed by atoms with Crippen molar-refractivity contribution >= 4 is 11.6 Å². The highest BCUT2D eigenvalue weighted by atomic mass is 35.5. The Morgan fingerprint density at radius 1 is 1.45 bits per heavy atom. The van der Waals surface area contributed by atoms with Crippen LogP contribution in [0, 0.1) is 11.3 Å². The van der Waals surface area contributed by atoms with Crippen LogP contribution in [0.2, 0.25) is 0 Å². The van der Waals surface area contributed by atoms with Crippen molar-refractivity contribution in [1.29, 1.82) is 0 Å². The monoisotopic (exact) mass is 166 g/mol. The minimum absolute atomic E-state index is 0.793. The van der Waals surface area contributed by atoms with Gasteiger partial charge in [-0.15, -0.1) is 0 Å². The van der Waals surface area contributed by atoms with Crippen molar-refractivity contribution in [1.82, 2.24) is 0 Å². The van der Waals surface area contributed by atoms with Crippen molar-refractivity contribution in [2.45, 2.75) is 0 Å². The molecule has 0 aliphatic carbocycles. The predicted molar refractivity (Wildman–Crippen MR) is 45.7 cm³/mol. The van der Waals surface area contributed by atoms with E-state index in [-0.39, 0.29) is 0 Å². The normalized spacial score (nSPS) is 8.18. The lowest BCUT2D eigenvalue weighted by atomic mass is 10.2. The molecule has 1 nitrogen and oxygen atoms in total. The highest BCUT2D eigenvalue weighted by Crippen LogP contribution is 2.11. The zero-order chi connectivity index (χ0) is 8.10. The molecule has 1 aromatic carbocycles. The molecule has 56 valence electrons. The number of ether oxygens (including phenoxy) is 1. The molecule has 0 aliphatic rings. The minimum Gasteiger partial charge on any atom is -0.497 e. The van der Waals surface area contributed by atoms with Crippen molar-refractivity contribution in [3.63, 3.8) is 0 Å². The van der Waals surface area contributed by atoms with Gasteiger partial charge >= 0.3 is 0 Å². The third-order valence-electron chi connectivity index (χ3n) is 1.26. The average Bonchev–Trinajstić information content (AvgIpc) is 2.06. The van der Waals surface area contributed by atoms with Gasteiger partial charge in [0.15, 0.2) is 0 Å². The molecule has 11 heavy (non-hydrogen) atoms. The van der Waals surface area contributed by atoms with Gasteiger partial charge in [-0.2, -0.15) is 0 Å². The van der Waals surface area contributed by atoms with E-state index < -0.39 is 0 Å². The van der Waals surface area contributed by atoms with Crippen molar-refractivity contribution in [2.24, 2.45) is 0 Å². The summed E-state index contributed by atoms with van der Waals surface area (Å²) in [5, 5.41) is 2.30. The van der Waals surface area contributed by atoms with Crippen LogP contribution in [0.3, 0.4) is 0 Å². The largest absolute Gasteiger partial charge is 0.497 e. The van der Waals surface area contributed by atoms with Gasteiger partial charge in [-0.05, 0) is 35.7 Å². The molecule has 0 saturated carbocycles. The maximum absolute atomic E-state index is 5.23. The molecule has 0 unspecified atom stereocenters. The van der Waals surface area contributed by atoms with Crippen molar-refractivity contribution in [3.8, 4) is 17.0 Å². The lowest BCUT2D eigenvalue weighted by Gasteiger charge is -1.97. The molecule has 2 heteroatoms. The molecule has 0 saturated heterocycles. The molecule has 0 spiro atoms. The molecule has 1 rings (SSSR count). The molecule has 0 amide bonds. The lowest BCUT2D eigenvalue weighted by molar-refractivity contribution is 0.414. The first-order valence-corrected chi connectivity index (χ1v) is 3.50. The summed E-state index contributed by atoms with van der Waals surface area (Å²) in [5.74, 6) is 3.51. The van der Waals surface area contributed by atoms with E-state index in [9.17, 15) is 0 Å². The zero-order valence-electron chi connectivity index (χ0n) is 6.10. The molecule has 0 aliphatic heterocycles. The number of halogens is 1. The maximum Gasteiger partial charge on any atom is 0.120 e. The quantitative estimate of drug-likeness (QED) is 0.582. The van der Waals surface area contributed by atoms with Gasteiger partial charge in [0.1, 0.15) is 5.75 Å². The zero-order valence-corrected chi connectivity index (χ0v) is 6.85. The van der Waals surface area contributed by atoms with Gasteiger partial charge in [0.2, 0.25) is 0 Å². The van der Waals surface area contributed by atoms with E-state index in [1.54, 1.807) is 7.11 Å². The fourth-order valence-corrected chi connectivity index (χ4v) is 0.864. The first kappa shape index (κ1) is 7.97. The first-order chi connectivity index (χ1) is 5.36. The molecular formula is C9H7ClO. The maximum atomic E-state index is 5.23. The molecule has 0 N–H and O–H groups in total. The second-order valence-electron chi connectivity index (χ2n) is 1.95. The van der Waals surface area contributed by atoms with Crippen LogP contribution in [0.5, 0.6) is 5.75 Å². The van der Waals surface area contributed by atoms with Gasteiger partial charge in [0.25, 0.3) is 0 Å². The number of methoxy groups -OCH3 is 1. The summed E-state index contributed by atoms with van der Waals surface area (Å²) in [4.78, 5) is 0. The number of benzene rings is 1. The van der Waals surface area contributed by atoms with Crippen LogP contribution in [0.25, 0.3) is 0 Å². The third kappa shape index (κ3) is 2.18. The molecule has 0 atom stereocenters. The average molecular weight is 167 g/mol. The summed E-state index contributed by atoms with van der Waals surface area (Å²) in [5.41, 5.74) is 0.861. The Hall–Kier alpha value is -1.13. The molecule has 1 aromatic rings. The predicted octanol–water partition coefficient (Wildman–Crippen LogP) is 2.24. The summed E-state index contributed by atoms with van der Waals surface area (Å²) in [6.07, 6.45) is 0. The van der Waals surface area contributed by atoms with Crippen molar-refractivity contribution in [3.05, 3.63) is 29.8 Å². The standard InChI is InChI=1S/C9H7ClO/c1-11-9-4-2-3-8(7-9)5-6-10/h2-4,7H,1H3. The SMILES string of the molecule is COc1cccc(C#CCl)c1. The van der Waals surface area contributed by atoms with Gasteiger partial charge in [0.05, 0.1) is 7.11 Å². The summed E-state index contributed by atoms with van der Waals surface area (Å²) in [7, 11) is 1.62. The van der Waals surface area contributed by atoms with Crippen LogP contribution in [0.1, 0.15) is 5.56 Å². The topological polar surface area (TPSA) is 9.23 Å². The van der Waals surface area contributed by atoms with Gasteiger partial charge < -0.3 is 4.74 Å². The molecule has 0 radical (unpaired) electrons. The van der Waals surface area contributed by atoms with E-state index in [0.29, 0.717) is 0 Å². The van der Waals surface area contributed by atoms with Crippen molar-refractivity contribution in [2.75, 3.05) is 7.11 Å². The van der Waals surface area contributed by atoms with Crippen LogP contribution in [-0.4, -0.2) is 7.11 Å². The van der Waals surface area contributed by atoms with Crippen LogP contribution in [0.15, 0.2) is 24.3 Å². The molecule has 0 fully saturated rings. The van der Waals surface area contributed by atoms with Gasteiger partial charge in [-0.25, -0.2) is 0 Å². The Balaban J connectivity index is 2.97. The Morgan fingerprint density at radius 2 is 2.27 bits per heavy atom. The number of hydrogen-bond acceptors (Lipinski definition) is 1. The molecule has 0 aromatic heterocycles.